The van der Waals surface area contributed by atoms with Gasteiger partial charge < -0.3 is 10.4 Å². The molecule has 0 aliphatic carbocycles. The average Bonchev–Trinajstić information content (AvgIpc) is 2.54. The van der Waals surface area contributed by atoms with Gasteiger partial charge >= 0.3 is 0 Å². The Morgan fingerprint density at radius 3 is 2.50 bits per heavy atom. The SMILES string of the molecule is Cc1cc(NC(C)C#N)ccc1N=Nc1ccc([N+](=O)[O-])cc1O. The molecule has 0 aromatic heterocycles. The number of nitro groups is 1. The fourth-order valence-corrected chi connectivity index (χ4v) is 1.96. The molecule has 2 N–H and O–H groups in total. The zero-order valence-corrected chi connectivity index (χ0v) is 13.1. The monoisotopic (exact) mass is 325 g/mol. The first-order valence-electron chi connectivity index (χ1n) is 7.06. The molecule has 2 aromatic carbocycles. The molecule has 1 unspecified atom stereocenters. The topological polar surface area (TPSA) is 124 Å². The van der Waals surface area contributed by atoms with Crippen LogP contribution in [0.5, 0.6) is 5.75 Å². The third-order valence-electron chi connectivity index (χ3n) is 3.21. The number of nitro benzene ring substituents is 1. The molecule has 8 heteroatoms. The van der Waals surface area contributed by atoms with Gasteiger partial charge in [-0.3, -0.25) is 10.1 Å². The van der Waals surface area contributed by atoms with Crippen LogP contribution in [0.4, 0.5) is 22.7 Å². The quantitative estimate of drug-likeness (QED) is 0.480. The van der Waals surface area contributed by atoms with Gasteiger partial charge in [-0.2, -0.15) is 10.4 Å². The van der Waals surface area contributed by atoms with Crippen molar-refractivity contribution in [3.8, 4) is 11.8 Å². The second kappa shape index (κ2) is 7.19. The van der Waals surface area contributed by atoms with E-state index in [1.54, 1.807) is 19.1 Å². The summed E-state index contributed by atoms with van der Waals surface area (Å²) in [4.78, 5) is 10.0. The van der Waals surface area contributed by atoms with Crippen LogP contribution in [0, 0.1) is 28.4 Å². The van der Waals surface area contributed by atoms with Crippen LogP contribution in [0.1, 0.15) is 12.5 Å². The van der Waals surface area contributed by atoms with Crippen molar-refractivity contribution >= 4 is 22.7 Å². The molecule has 0 bridgehead atoms. The van der Waals surface area contributed by atoms with E-state index in [1.807, 2.05) is 13.0 Å². The Hall–Kier alpha value is -3.47. The lowest BCUT2D eigenvalue weighted by atomic mass is 10.1. The number of hydrogen-bond donors (Lipinski definition) is 2. The third kappa shape index (κ3) is 4.04. The third-order valence-corrected chi connectivity index (χ3v) is 3.21. The van der Waals surface area contributed by atoms with E-state index in [9.17, 15) is 15.2 Å². The zero-order chi connectivity index (χ0) is 17.7. The first-order valence-corrected chi connectivity index (χ1v) is 7.06. The van der Waals surface area contributed by atoms with Crippen LogP contribution in [0.25, 0.3) is 0 Å². The summed E-state index contributed by atoms with van der Waals surface area (Å²) in [5.41, 5.74) is 2.13. The first kappa shape index (κ1) is 16.9. The van der Waals surface area contributed by atoms with Crippen LogP contribution in [0.3, 0.4) is 0 Å². The minimum atomic E-state index is -0.598. The molecule has 2 rings (SSSR count). The zero-order valence-electron chi connectivity index (χ0n) is 13.1. The van der Waals surface area contributed by atoms with Crippen LogP contribution < -0.4 is 5.32 Å². The minimum Gasteiger partial charge on any atom is -0.505 e. The number of azo groups is 1. The molecule has 2 aromatic rings. The van der Waals surface area contributed by atoms with Gasteiger partial charge in [-0.05, 0) is 43.7 Å². The predicted molar refractivity (Wildman–Crippen MR) is 88.8 cm³/mol. The van der Waals surface area contributed by atoms with Gasteiger partial charge in [0.05, 0.1) is 22.7 Å². The maximum absolute atomic E-state index is 10.6. The highest BCUT2D eigenvalue weighted by Gasteiger charge is 2.10. The number of aryl methyl sites for hydroxylation is 1. The van der Waals surface area contributed by atoms with Crippen LogP contribution in [0.15, 0.2) is 46.6 Å². The van der Waals surface area contributed by atoms with Crippen molar-refractivity contribution in [1.82, 2.24) is 0 Å². The molecular formula is C16H15N5O3. The standard InChI is InChI=1S/C16H15N5O3/c1-10-7-12(18-11(2)9-17)3-5-14(10)19-20-15-6-4-13(21(23)24)8-16(15)22/h3-8,11,18,22H,1-2H3. The van der Waals surface area contributed by atoms with E-state index in [0.29, 0.717) is 5.69 Å². The highest BCUT2D eigenvalue weighted by atomic mass is 16.6. The Balaban J connectivity index is 2.20. The molecule has 0 radical (unpaired) electrons. The number of nitrogens with one attached hydrogen (secondary N) is 1. The predicted octanol–water partition coefficient (Wildman–Crippen LogP) is 4.35. The largest absolute Gasteiger partial charge is 0.505 e. The van der Waals surface area contributed by atoms with Crippen molar-refractivity contribution in [3.05, 3.63) is 52.1 Å². The van der Waals surface area contributed by atoms with E-state index in [-0.39, 0.29) is 23.2 Å². The molecule has 0 amide bonds. The van der Waals surface area contributed by atoms with Crippen LogP contribution in [-0.2, 0) is 0 Å². The number of aromatic hydroxyl groups is 1. The molecule has 0 spiro atoms. The fraction of sp³-hybridized carbons (Fsp3) is 0.188. The lowest BCUT2D eigenvalue weighted by Gasteiger charge is -2.09. The van der Waals surface area contributed by atoms with E-state index in [1.165, 1.54) is 12.1 Å². The summed E-state index contributed by atoms with van der Waals surface area (Å²) in [6.07, 6.45) is 0. The molecule has 24 heavy (non-hydrogen) atoms. The maximum atomic E-state index is 10.6. The molecule has 0 fully saturated rings. The van der Waals surface area contributed by atoms with E-state index < -0.39 is 4.92 Å². The number of rotatable bonds is 5. The lowest BCUT2D eigenvalue weighted by molar-refractivity contribution is -0.384. The smallest absolute Gasteiger partial charge is 0.273 e. The van der Waals surface area contributed by atoms with Gasteiger partial charge in [-0.25, -0.2) is 0 Å². The number of phenols is 1. The summed E-state index contributed by atoms with van der Waals surface area (Å²) in [6.45, 7) is 3.59. The van der Waals surface area contributed by atoms with Gasteiger partial charge in [-0.15, -0.1) is 5.11 Å². The summed E-state index contributed by atoms with van der Waals surface area (Å²) in [5, 5.41) is 40.2. The van der Waals surface area contributed by atoms with E-state index in [4.69, 9.17) is 5.26 Å². The Labute approximate surface area is 138 Å². The molecule has 0 aliphatic rings. The highest BCUT2D eigenvalue weighted by molar-refractivity contribution is 5.59. The molecule has 0 heterocycles. The fourth-order valence-electron chi connectivity index (χ4n) is 1.96. The van der Waals surface area contributed by atoms with Gasteiger partial charge in [0.2, 0.25) is 0 Å². The average molecular weight is 325 g/mol. The van der Waals surface area contributed by atoms with E-state index in [2.05, 4.69) is 21.6 Å². The van der Waals surface area contributed by atoms with Gasteiger partial charge in [0.15, 0.2) is 0 Å². The molecule has 122 valence electrons. The molecule has 0 aliphatic heterocycles. The van der Waals surface area contributed by atoms with Gasteiger partial charge in [0.1, 0.15) is 17.5 Å². The van der Waals surface area contributed by atoms with Crippen molar-refractivity contribution in [1.29, 1.82) is 5.26 Å². The highest BCUT2D eigenvalue weighted by Crippen LogP contribution is 2.32. The molecule has 8 nitrogen and oxygen atoms in total. The minimum absolute atomic E-state index is 0.139. The van der Waals surface area contributed by atoms with Gasteiger partial charge in [-0.1, -0.05) is 0 Å². The van der Waals surface area contributed by atoms with Crippen molar-refractivity contribution in [2.24, 2.45) is 10.2 Å². The Bertz CT molecular complexity index is 842. The van der Waals surface area contributed by atoms with Gasteiger partial charge in [0.25, 0.3) is 5.69 Å². The summed E-state index contributed by atoms with van der Waals surface area (Å²) in [6, 6.07) is 10.7. The molecular weight excluding hydrogens is 310 g/mol. The molecule has 0 saturated heterocycles. The number of benzene rings is 2. The number of nitrogens with zero attached hydrogens (tertiary/aromatic N) is 4. The number of non-ortho nitro benzene ring substituents is 1. The summed E-state index contributed by atoms with van der Waals surface area (Å²) in [7, 11) is 0. The number of anilines is 1. The maximum Gasteiger partial charge on any atom is 0.273 e. The molecule has 0 saturated carbocycles. The van der Waals surface area contributed by atoms with Crippen molar-refractivity contribution < 1.29 is 10.0 Å². The number of phenolic OH excluding ortho intramolecular Hbond substituents is 1. The van der Waals surface area contributed by atoms with E-state index in [0.717, 1.165) is 17.3 Å². The Morgan fingerprint density at radius 2 is 1.92 bits per heavy atom. The second-order valence-electron chi connectivity index (χ2n) is 5.13. The van der Waals surface area contributed by atoms with Crippen molar-refractivity contribution in [2.45, 2.75) is 19.9 Å². The van der Waals surface area contributed by atoms with Crippen molar-refractivity contribution in [2.75, 3.05) is 5.32 Å². The first-order chi connectivity index (χ1) is 11.4. The number of hydrogen-bond acceptors (Lipinski definition) is 7. The normalized spacial score (nSPS) is 11.9. The van der Waals surface area contributed by atoms with Crippen LogP contribution >= 0.6 is 0 Å². The van der Waals surface area contributed by atoms with Gasteiger partial charge in [0, 0.05) is 11.8 Å². The second-order valence-corrected chi connectivity index (χ2v) is 5.13. The molecule has 1 atom stereocenters. The summed E-state index contributed by atoms with van der Waals surface area (Å²) in [5.74, 6) is -0.313. The summed E-state index contributed by atoms with van der Waals surface area (Å²) < 4.78 is 0. The van der Waals surface area contributed by atoms with Crippen molar-refractivity contribution in [3.63, 3.8) is 0 Å². The Morgan fingerprint density at radius 1 is 1.25 bits per heavy atom. The summed E-state index contributed by atoms with van der Waals surface area (Å²) >= 11 is 0. The number of nitriles is 1. The van der Waals surface area contributed by atoms with Crippen LogP contribution in [0.2, 0.25) is 0 Å². The van der Waals surface area contributed by atoms with E-state index >= 15 is 0 Å². The lowest BCUT2D eigenvalue weighted by Crippen LogP contribution is -2.11. The Kier molecular flexibility index (Phi) is 5.06. The van der Waals surface area contributed by atoms with Crippen LogP contribution in [-0.4, -0.2) is 16.1 Å².